The van der Waals surface area contributed by atoms with Crippen molar-refractivity contribution in [1.82, 2.24) is 15.1 Å². The largest absolute Gasteiger partial charge is 0.502 e. The van der Waals surface area contributed by atoms with E-state index in [-0.39, 0.29) is 61.8 Å². The quantitative estimate of drug-likeness (QED) is 0.0954. The van der Waals surface area contributed by atoms with Gasteiger partial charge in [-0.1, -0.05) is 47.5 Å². The number of carbonyl (C=O) groups excluding carboxylic acids is 3. The maximum atomic E-state index is 14.3. The summed E-state index contributed by atoms with van der Waals surface area (Å²) in [6, 6.07) is 25.9. The highest BCUT2D eigenvalue weighted by atomic mass is 35.5. The number of amides is 3. The third-order valence-corrected chi connectivity index (χ3v) is 16.0. The van der Waals surface area contributed by atoms with Gasteiger partial charge < -0.3 is 77.6 Å². The maximum Gasteiger partial charge on any atom is 0.326 e. The van der Waals surface area contributed by atoms with Gasteiger partial charge in [-0.05, 0) is 109 Å². The topological polar surface area (TPSA) is 244 Å². The Labute approximate surface area is 482 Å². The van der Waals surface area contributed by atoms with Crippen molar-refractivity contribution in [3.8, 4) is 40.2 Å². The summed E-state index contributed by atoms with van der Waals surface area (Å²) >= 11 is 12.5. The van der Waals surface area contributed by atoms with Crippen LogP contribution in [-0.4, -0.2) is 153 Å². The van der Waals surface area contributed by atoms with Crippen molar-refractivity contribution in [1.29, 1.82) is 0 Å². The predicted octanol–water partition coefficient (Wildman–Crippen LogP) is 7.22. The number of aliphatic hydroxyl groups excluding tert-OH is 2. The van der Waals surface area contributed by atoms with Crippen LogP contribution < -0.4 is 33.7 Å². The smallest absolute Gasteiger partial charge is 0.326 e. The first-order chi connectivity index (χ1) is 39.5. The maximum absolute atomic E-state index is 14.3. The van der Waals surface area contributed by atoms with Crippen molar-refractivity contribution in [2.45, 2.75) is 88.0 Å². The van der Waals surface area contributed by atoms with Crippen LogP contribution in [0, 0.1) is 11.8 Å². The van der Waals surface area contributed by atoms with Gasteiger partial charge in [0.2, 0.25) is 18.4 Å². The Bertz CT molecular complexity index is 3210. The molecule has 0 spiro atoms. The van der Waals surface area contributed by atoms with Crippen LogP contribution in [0.4, 0.5) is 4.79 Å². The van der Waals surface area contributed by atoms with Crippen LogP contribution in [0.2, 0.25) is 10.0 Å². The Morgan fingerprint density at radius 3 is 2.10 bits per heavy atom. The first kappa shape index (κ1) is 56.8. The van der Waals surface area contributed by atoms with Crippen LogP contribution >= 0.6 is 23.2 Å². The Kier molecular flexibility index (Phi) is 16.4. The molecule has 0 bridgehead atoms. The molecule has 1 aliphatic carbocycles. The summed E-state index contributed by atoms with van der Waals surface area (Å²) in [4.78, 5) is 48.4. The van der Waals surface area contributed by atoms with E-state index in [1.165, 1.54) is 14.2 Å². The van der Waals surface area contributed by atoms with Gasteiger partial charge in [0.1, 0.15) is 54.3 Å². The number of aliphatic imine (C=N–C) groups is 1. The van der Waals surface area contributed by atoms with Crippen LogP contribution in [-0.2, 0) is 33.3 Å². The second-order valence-electron chi connectivity index (χ2n) is 20.9. The molecule has 7 aliphatic rings. The van der Waals surface area contributed by atoms with Gasteiger partial charge in [0.15, 0.2) is 35.6 Å². The van der Waals surface area contributed by atoms with Gasteiger partial charge in [-0.2, -0.15) is 0 Å². The molecule has 6 aliphatic heterocycles. The molecule has 0 saturated carbocycles. The Balaban J connectivity index is 0.000000172. The second-order valence-corrected chi connectivity index (χ2v) is 21.8. The summed E-state index contributed by atoms with van der Waals surface area (Å²) in [6.07, 6.45) is -6.93. The third kappa shape index (κ3) is 10.9. The number of rotatable bonds is 11. The first-order valence-electron chi connectivity index (χ1n) is 26.8. The summed E-state index contributed by atoms with van der Waals surface area (Å²) in [5, 5.41) is 36.5. The van der Waals surface area contributed by atoms with Crippen LogP contribution in [0.1, 0.15) is 78.3 Å². The van der Waals surface area contributed by atoms with Crippen LogP contribution in [0.25, 0.3) is 0 Å². The van der Waals surface area contributed by atoms with Gasteiger partial charge in [-0.25, -0.2) is 4.79 Å². The molecule has 4 N–H and O–H groups in total. The van der Waals surface area contributed by atoms with Gasteiger partial charge in [0, 0.05) is 41.0 Å². The molecule has 3 amide bonds. The van der Waals surface area contributed by atoms with Crippen molar-refractivity contribution in [2.24, 2.45) is 16.8 Å². The first-order valence-corrected chi connectivity index (χ1v) is 27.6. The lowest BCUT2D eigenvalue weighted by Crippen LogP contribution is -2.63. The normalized spacial score (nSPS) is 27.9. The molecule has 82 heavy (non-hydrogen) atoms. The van der Waals surface area contributed by atoms with E-state index in [1.54, 1.807) is 66.3 Å². The second kappa shape index (κ2) is 23.6. The number of amidine groups is 1. The molecule has 23 heteroatoms. The number of urea groups is 1. The number of nitrogens with one attached hydrogen (secondary N) is 1. The van der Waals surface area contributed by atoms with Gasteiger partial charge in [-0.3, -0.25) is 19.5 Å². The molecule has 434 valence electrons. The molecule has 12 rings (SSSR count). The molecule has 4 fully saturated rings. The molecule has 5 aromatic rings. The molecular weight excluding hydrogens is 1110 g/mol. The highest BCUT2D eigenvalue weighted by Crippen LogP contribution is 2.57. The number of esters is 1. The zero-order valence-electron chi connectivity index (χ0n) is 45.6. The van der Waals surface area contributed by atoms with E-state index in [1.807, 2.05) is 62.4 Å². The van der Waals surface area contributed by atoms with Gasteiger partial charge >= 0.3 is 12.0 Å². The van der Waals surface area contributed by atoms with Crippen molar-refractivity contribution < 1.29 is 81.8 Å². The fourth-order valence-corrected chi connectivity index (χ4v) is 12.0. The highest BCUT2D eigenvalue weighted by molar-refractivity contribution is 6.30. The van der Waals surface area contributed by atoms with E-state index in [2.05, 4.69) is 5.32 Å². The molecule has 12 atom stereocenters. The minimum atomic E-state index is -1.44. The average molecular weight is 1170 g/mol. The number of ether oxygens (including phenoxy) is 11. The summed E-state index contributed by atoms with van der Waals surface area (Å²) in [5.41, 5.74) is 4.38. The van der Waals surface area contributed by atoms with Crippen LogP contribution in [0.5, 0.6) is 40.2 Å². The molecule has 0 unspecified atom stereocenters. The lowest BCUT2D eigenvalue weighted by atomic mass is 9.66. The van der Waals surface area contributed by atoms with E-state index in [4.69, 9.17) is 80.3 Å². The molecule has 6 heterocycles. The summed E-state index contributed by atoms with van der Waals surface area (Å²) in [7, 11) is 4.45. The SMILES string of the molecule is COc1cc([C@@H]2c3cc4c(cc3[C@@H](O[C@@H]3O[C@@H]5CO[C@@H](C)O[C@H]5[C@H](O)[C@H]3O)[C@H]3COC(=O)[C@H]23)OCO4)cc(OC)c1O.COc1ccc(C2=N[C@H](c3ccc(Cl)cc3)[C@H](c3ccc(Cl)cc3)N2C(=O)N2CCNC(=O)C2)c(OC(C)C)c1. The Morgan fingerprint density at radius 2 is 1.45 bits per heavy atom. The van der Waals surface area contributed by atoms with Crippen molar-refractivity contribution in [2.75, 3.05) is 61.0 Å². The monoisotopic (exact) mass is 1170 g/mol. The van der Waals surface area contributed by atoms with Crippen LogP contribution in [0.15, 0.2) is 96.0 Å². The number of phenolic OH excluding ortho intramolecular Hbond substituents is 1. The Morgan fingerprint density at radius 1 is 0.780 bits per heavy atom. The van der Waals surface area contributed by atoms with E-state index < -0.39 is 78.9 Å². The fourth-order valence-electron chi connectivity index (χ4n) is 11.7. The zero-order valence-corrected chi connectivity index (χ0v) is 47.1. The Hall–Kier alpha value is -7.08. The molecule has 0 aromatic heterocycles. The van der Waals surface area contributed by atoms with Crippen molar-refractivity contribution in [3.05, 3.63) is 134 Å². The minimum absolute atomic E-state index is 0.0301. The standard InChI is InChI=1S/C30H30Cl2N4O4.C29H32O13/c1-18(2)40-25-16-23(39-3)12-13-24(25)29-34-27(19-4-8-21(31)9-5-19)28(20-6-10-22(32)11-7-20)36(29)30(38)35-15-14-33-26(37)17-35;1-11-36-9-20-27(40-11)24(31)25(32)29(41-20)42-26-14-7-17-16(38-10-39-17)6-13(14)21(22-15(26)8-37-28(22)33)12-4-18(34-2)23(30)19(5-12)35-3/h4-13,16,18,27-28H,14-15,17H2,1-3H3,(H,33,37);4-7,11,15,20-22,24-27,29-32H,8-10H2,1-3H3/t27-,28+;11-,15+,20-,21-,22+,24-,25-,26-,27-,29+/m11/s1. The van der Waals surface area contributed by atoms with E-state index >= 15 is 0 Å². The van der Waals surface area contributed by atoms with Gasteiger partial charge in [0.05, 0.1) is 64.3 Å². The third-order valence-electron chi connectivity index (χ3n) is 15.5. The highest BCUT2D eigenvalue weighted by Gasteiger charge is 2.56. The van der Waals surface area contributed by atoms with E-state index in [9.17, 15) is 29.7 Å². The van der Waals surface area contributed by atoms with Crippen molar-refractivity contribution in [3.63, 3.8) is 0 Å². The molecule has 0 radical (unpaired) electrons. The number of methoxy groups -OCH3 is 3. The molecular formula is C59H62Cl2N4O17. The number of hydrogen-bond donors (Lipinski definition) is 4. The number of piperazine rings is 1. The van der Waals surface area contributed by atoms with Gasteiger partial charge in [0.25, 0.3) is 0 Å². The molecule has 4 saturated heterocycles. The number of carbonyl (C=O) groups is 3. The van der Waals surface area contributed by atoms with Crippen LogP contribution in [0.3, 0.4) is 0 Å². The number of aliphatic hydroxyl groups is 2. The summed E-state index contributed by atoms with van der Waals surface area (Å²) < 4.78 is 63.2. The summed E-state index contributed by atoms with van der Waals surface area (Å²) in [6.45, 7) is 6.51. The number of hydrogen-bond acceptors (Lipinski definition) is 18. The average Bonchev–Trinajstić information content (AvgIpc) is 4.40. The number of phenols is 1. The summed E-state index contributed by atoms with van der Waals surface area (Å²) in [5.74, 6) is 0.362. The lowest BCUT2D eigenvalue weighted by Gasteiger charge is -2.47. The minimum Gasteiger partial charge on any atom is -0.502 e. The molecule has 21 nitrogen and oxygen atoms in total. The number of aromatic hydroxyl groups is 1. The lowest BCUT2D eigenvalue weighted by molar-refractivity contribution is -0.364. The van der Waals surface area contributed by atoms with Crippen molar-refractivity contribution >= 4 is 46.9 Å². The van der Waals surface area contributed by atoms with E-state index in [0.29, 0.717) is 74.2 Å². The number of fused-ring (bicyclic) bond motifs is 4. The zero-order chi connectivity index (χ0) is 57.7. The fraction of sp³-hybridized carbons (Fsp3) is 0.424. The number of nitrogens with zero attached hydrogens (tertiary/aromatic N) is 3. The molecule has 5 aromatic carbocycles. The number of benzene rings is 5. The number of halogens is 2. The van der Waals surface area contributed by atoms with Gasteiger partial charge in [-0.15, -0.1) is 0 Å². The number of cyclic esters (lactones) is 1. The predicted molar refractivity (Wildman–Crippen MR) is 294 cm³/mol. The van der Waals surface area contributed by atoms with E-state index in [0.717, 1.165) is 11.1 Å².